The molecule has 0 fully saturated rings. The number of nitrogens with one attached hydrogen (secondary N) is 4. The zero-order valence-electron chi connectivity index (χ0n) is 23.6. The van der Waals surface area contributed by atoms with Crippen molar-refractivity contribution in [1.29, 1.82) is 0 Å². The number of aromatic amines is 1. The van der Waals surface area contributed by atoms with Gasteiger partial charge < -0.3 is 16.0 Å². The molecule has 1 atom stereocenters. The number of hydrogen-bond donors (Lipinski definition) is 4. The number of amides is 2. The SMILES string of the molecule is CNc1c(-n2ncc3ccc(CNC(=O)c4cc(C(=O)NC5CCc6cc(-c7noc(=O)[nH]7)ccc65)ncn4)cc32)c(=O)c1=O. The highest BCUT2D eigenvalue weighted by Crippen LogP contribution is 2.33. The van der Waals surface area contributed by atoms with Gasteiger partial charge in [0.25, 0.3) is 22.7 Å². The second-order valence-electron chi connectivity index (χ2n) is 10.5. The van der Waals surface area contributed by atoms with Gasteiger partial charge in [-0.15, -0.1) is 0 Å². The molecule has 3 aromatic heterocycles. The van der Waals surface area contributed by atoms with Gasteiger partial charge in [0.2, 0.25) is 0 Å². The summed E-state index contributed by atoms with van der Waals surface area (Å²) >= 11 is 0. The Labute approximate surface area is 252 Å². The Balaban J connectivity index is 1.02. The third kappa shape index (κ3) is 4.85. The van der Waals surface area contributed by atoms with Crippen molar-refractivity contribution in [2.75, 3.05) is 12.4 Å². The number of fused-ring (bicyclic) bond motifs is 2. The van der Waals surface area contributed by atoms with Gasteiger partial charge in [0.05, 0.1) is 17.8 Å². The number of aromatic nitrogens is 6. The van der Waals surface area contributed by atoms with E-state index in [0.29, 0.717) is 35.3 Å². The van der Waals surface area contributed by atoms with Crippen molar-refractivity contribution in [3.63, 3.8) is 0 Å². The highest BCUT2D eigenvalue weighted by atomic mass is 16.5. The van der Waals surface area contributed by atoms with E-state index >= 15 is 0 Å². The number of carbonyl (C=O) groups excluding carboxylic acids is 2. The minimum Gasteiger partial charge on any atom is -0.383 e. The van der Waals surface area contributed by atoms with Crippen LogP contribution in [-0.4, -0.2) is 48.8 Å². The number of hydrogen-bond acceptors (Lipinski definition) is 11. The van der Waals surface area contributed by atoms with E-state index in [2.05, 4.69) is 45.7 Å². The highest BCUT2D eigenvalue weighted by Gasteiger charge is 2.26. The van der Waals surface area contributed by atoms with Crippen LogP contribution in [0.3, 0.4) is 0 Å². The first-order chi connectivity index (χ1) is 21.8. The first kappa shape index (κ1) is 27.6. The maximum atomic E-state index is 13.1. The second-order valence-corrected chi connectivity index (χ2v) is 10.5. The van der Waals surface area contributed by atoms with Gasteiger partial charge in [-0.05, 0) is 41.7 Å². The summed E-state index contributed by atoms with van der Waals surface area (Å²) in [4.78, 5) is 72.1. The second kappa shape index (κ2) is 10.8. The molecule has 45 heavy (non-hydrogen) atoms. The fourth-order valence-corrected chi connectivity index (χ4v) is 5.55. The van der Waals surface area contributed by atoms with Gasteiger partial charge in [-0.3, -0.25) is 28.7 Å². The largest absolute Gasteiger partial charge is 0.439 e. The summed E-state index contributed by atoms with van der Waals surface area (Å²) in [7, 11) is 1.56. The summed E-state index contributed by atoms with van der Waals surface area (Å²) in [5.41, 5.74) is 3.17. The standard InChI is InChI=1S/C30H23N9O6/c1-31-23-24(26(41)25(23)40)39-22-8-14(2-3-17(22)12-35-39)11-32-28(42)20-10-21(34-13-33-20)29(43)36-19-7-5-15-9-16(4-6-18(15)19)27-37-30(44)45-38-27/h2-4,6,8-10,12-13,19,31H,5,7,11H2,1H3,(H,32,42)(H,36,43)(H,37,38,44). The summed E-state index contributed by atoms with van der Waals surface area (Å²) in [6, 6.07) is 12.0. The Morgan fingerprint density at radius 1 is 1.02 bits per heavy atom. The Bertz CT molecular complexity index is 2270. The molecule has 15 nitrogen and oxygen atoms in total. The Morgan fingerprint density at radius 2 is 1.84 bits per heavy atom. The fraction of sp³-hybridized carbons (Fsp3) is 0.167. The molecule has 1 aliphatic carbocycles. The van der Waals surface area contributed by atoms with Crippen molar-refractivity contribution < 1.29 is 14.1 Å². The van der Waals surface area contributed by atoms with Gasteiger partial charge in [0.15, 0.2) is 5.82 Å². The van der Waals surface area contributed by atoms with E-state index in [1.807, 2.05) is 18.2 Å². The number of benzene rings is 2. The number of anilines is 1. The third-order valence-corrected chi connectivity index (χ3v) is 7.81. The monoisotopic (exact) mass is 605 g/mol. The van der Waals surface area contributed by atoms with Crippen LogP contribution in [0.5, 0.6) is 0 Å². The molecule has 2 amide bonds. The quantitative estimate of drug-likeness (QED) is 0.181. The average Bonchev–Trinajstić information content (AvgIpc) is 3.80. The average molecular weight is 606 g/mol. The minimum atomic E-state index is -0.637. The lowest BCUT2D eigenvalue weighted by atomic mass is 10.0. The van der Waals surface area contributed by atoms with Crippen LogP contribution in [0.1, 0.15) is 50.1 Å². The van der Waals surface area contributed by atoms with Crippen molar-refractivity contribution in [3.05, 3.63) is 114 Å². The molecule has 0 radical (unpaired) electrons. The number of carbonyl (C=O) groups is 2. The van der Waals surface area contributed by atoms with E-state index in [4.69, 9.17) is 0 Å². The van der Waals surface area contributed by atoms with Crippen molar-refractivity contribution in [1.82, 2.24) is 40.5 Å². The van der Waals surface area contributed by atoms with Gasteiger partial charge in [-0.25, -0.2) is 19.4 Å². The van der Waals surface area contributed by atoms with Crippen LogP contribution in [0.4, 0.5) is 5.69 Å². The molecule has 0 saturated carbocycles. The maximum absolute atomic E-state index is 13.1. The smallest absolute Gasteiger partial charge is 0.383 e. The Morgan fingerprint density at radius 3 is 2.62 bits per heavy atom. The zero-order chi connectivity index (χ0) is 31.2. The van der Waals surface area contributed by atoms with Gasteiger partial charge >= 0.3 is 5.76 Å². The minimum absolute atomic E-state index is 0.0155. The van der Waals surface area contributed by atoms with Crippen LogP contribution in [-0.2, 0) is 13.0 Å². The summed E-state index contributed by atoms with van der Waals surface area (Å²) in [5, 5.41) is 17.2. The molecular formula is C30H23N9O6. The predicted octanol–water partition coefficient (Wildman–Crippen LogP) is 1.14. The Kier molecular flexibility index (Phi) is 6.61. The summed E-state index contributed by atoms with van der Waals surface area (Å²) < 4.78 is 5.99. The molecule has 1 aliphatic rings. The molecule has 224 valence electrons. The van der Waals surface area contributed by atoms with Gasteiger partial charge in [0.1, 0.15) is 29.1 Å². The number of rotatable bonds is 8. The maximum Gasteiger partial charge on any atom is 0.439 e. The molecule has 7 rings (SSSR count). The molecule has 15 heteroatoms. The lowest BCUT2D eigenvalue weighted by Crippen LogP contribution is -2.38. The Hall–Kier alpha value is -6.25. The summed E-state index contributed by atoms with van der Waals surface area (Å²) in [5.74, 6) is -1.27. The van der Waals surface area contributed by atoms with Crippen LogP contribution >= 0.6 is 0 Å². The summed E-state index contributed by atoms with van der Waals surface area (Å²) in [6.45, 7) is 0.124. The molecule has 0 saturated heterocycles. The van der Waals surface area contributed by atoms with Crippen LogP contribution < -0.4 is 32.6 Å². The molecule has 4 N–H and O–H groups in total. The van der Waals surface area contributed by atoms with E-state index < -0.39 is 28.4 Å². The van der Waals surface area contributed by atoms with E-state index in [1.165, 1.54) is 10.7 Å². The van der Waals surface area contributed by atoms with Gasteiger partial charge in [-0.2, -0.15) is 5.10 Å². The van der Waals surface area contributed by atoms with Gasteiger partial charge in [-0.1, -0.05) is 29.4 Å². The predicted molar refractivity (Wildman–Crippen MR) is 160 cm³/mol. The van der Waals surface area contributed by atoms with Crippen LogP contribution in [0.25, 0.3) is 28.0 Å². The van der Waals surface area contributed by atoms with Crippen molar-refractivity contribution in [2.24, 2.45) is 0 Å². The van der Waals surface area contributed by atoms with E-state index in [9.17, 15) is 24.0 Å². The fourth-order valence-electron chi connectivity index (χ4n) is 5.55. The molecule has 0 spiro atoms. The van der Waals surface area contributed by atoms with Crippen LogP contribution in [0.2, 0.25) is 0 Å². The van der Waals surface area contributed by atoms with Crippen molar-refractivity contribution in [3.8, 4) is 17.1 Å². The molecule has 1 unspecified atom stereocenters. The third-order valence-electron chi connectivity index (χ3n) is 7.81. The highest BCUT2D eigenvalue weighted by molar-refractivity contribution is 5.97. The number of H-pyrrole nitrogens is 1. The molecule has 0 bridgehead atoms. The molecule has 6 aromatic rings. The zero-order valence-corrected chi connectivity index (χ0v) is 23.6. The summed E-state index contributed by atoms with van der Waals surface area (Å²) in [6.07, 6.45) is 4.12. The van der Waals surface area contributed by atoms with Crippen molar-refractivity contribution >= 4 is 28.4 Å². The van der Waals surface area contributed by atoms with E-state index in [1.54, 1.807) is 31.4 Å². The number of nitrogens with zero attached hydrogens (tertiary/aromatic N) is 5. The van der Waals surface area contributed by atoms with Crippen LogP contribution in [0, 0.1) is 0 Å². The van der Waals surface area contributed by atoms with Gasteiger partial charge in [0, 0.05) is 30.6 Å². The normalized spacial score (nSPS) is 14.0. The molecular weight excluding hydrogens is 582 g/mol. The van der Waals surface area contributed by atoms with E-state index in [0.717, 1.165) is 22.8 Å². The first-order valence-corrected chi connectivity index (χ1v) is 13.9. The molecule has 3 aromatic carbocycles. The molecule has 0 aliphatic heterocycles. The lowest BCUT2D eigenvalue weighted by molar-refractivity contribution is 0.0931. The molecule has 3 heterocycles. The van der Waals surface area contributed by atoms with Crippen molar-refractivity contribution in [2.45, 2.75) is 25.4 Å². The van der Waals surface area contributed by atoms with Crippen LogP contribution in [0.15, 0.2) is 73.9 Å². The first-order valence-electron chi connectivity index (χ1n) is 13.9. The lowest BCUT2D eigenvalue weighted by Gasteiger charge is -2.14. The number of aryl methyl sites for hydroxylation is 1. The van der Waals surface area contributed by atoms with E-state index in [-0.39, 0.29) is 35.3 Å². The topological polar surface area (TPSA) is 207 Å².